The van der Waals surface area contributed by atoms with Crippen LogP contribution in [0.15, 0.2) is 28.8 Å². The number of hydrogen-bond donors (Lipinski definition) is 1. The lowest BCUT2D eigenvalue weighted by Crippen LogP contribution is -2.46. The second-order valence-electron chi connectivity index (χ2n) is 6.26. The maximum atomic E-state index is 11.3. The first-order chi connectivity index (χ1) is 11.9. The molecule has 0 saturated carbocycles. The van der Waals surface area contributed by atoms with Gasteiger partial charge in [0.05, 0.1) is 12.8 Å². The van der Waals surface area contributed by atoms with Gasteiger partial charge in [-0.3, -0.25) is 4.90 Å². The fraction of sp³-hybridized carbons (Fsp3) is 0.500. The van der Waals surface area contributed by atoms with Crippen molar-refractivity contribution in [2.45, 2.75) is 31.8 Å². The molecule has 25 heavy (non-hydrogen) atoms. The standard InChI is InChI=1S/C16H21ClN4O3S/c1-25(22,23)18-10-14-7-2-3-8-21(14)11-15-19-16(20-24-15)12-5-4-6-13(17)9-12/h4-6,9,14,18H,2-3,7-8,10-11H2,1H3/t14-/m1/s1. The number of nitrogens with one attached hydrogen (secondary N) is 1. The van der Waals surface area contributed by atoms with E-state index in [4.69, 9.17) is 16.1 Å². The molecular weight excluding hydrogens is 364 g/mol. The zero-order valence-electron chi connectivity index (χ0n) is 14.0. The summed E-state index contributed by atoms with van der Waals surface area (Å²) in [5.74, 6) is 1.02. The molecule has 0 amide bonds. The molecule has 0 spiro atoms. The van der Waals surface area contributed by atoms with Crippen LogP contribution in [0.3, 0.4) is 0 Å². The van der Waals surface area contributed by atoms with Crippen LogP contribution in [0.4, 0.5) is 0 Å². The summed E-state index contributed by atoms with van der Waals surface area (Å²) in [6.45, 7) is 1.78. The van der Waals surface area contributed by atoms with Gasteiger partial charge in [0.2, 0.25) is 21.7 Å². The molecule has 9 heteroatoms. The number of benzene rings is 1. The van der Waals surface area contributed by atoms with Gasteiger partial charge in [0.1, 0.15) is 0 Å². The van der Waals surface area contributed by atoms with Crippen molar-refractivity contribution in [2.75, 3.05) is 19.3 Å². The van der Waals surface area contributed by atoms with Crippen LogP contribution in [-0.2, 0) is 16.6 Å². The number of halogens is 1. The minimum atomic E-state index is -3.20. The van der Waals surface area contributed by atoms with Crippen molar-refractivity contribution in [1.82, 2.24) is 19.8 Å². The molecule has 3 rings (SSSR count). The quantitative estimate of drug-likeness (QED) is 0.822. The van der Waals surface area contributed by atoms with Crippen LogP contribution in [0.5, 0.6) is 0 Å². The van der Waals surface area contributed by atoms with E-state index in [9.17, 15) is 8.42 Å². The maximum absolute atomic E-state index is 11.3. The summed E-state index contributed by atoms with van der Waals surface area (Å²) in [4.78, 5) is 6.63. The molecule has 136 valence electrons. The second-order valence-corrected chi connectivity index (χ2v) is 8.53. The first-order valence-corrected chi connectivity index (χ1v) is 10.4. The lowest BCUT2D eigenvalue weighted by Gasteiger charge is -2.34. The Hall–Kier alpha value is -1.48. The highest BCUT2D eigenvalue weighted by Crippen LogP contribution is 2.22. The first kappa shape index (κ1) is 18.3. The zero-order chi connectivity index (χ0) is 17.9. The van der Waals surface area contributed by atoms with Gasteiger partial charge in [-0.05, 0) is 31.5 Å². The Labute approximate surface area is 152 Å². The Morgan fingerprint density at radius 1 is 1.40 bits per heavy atom. The van der Waals surface area contributed by atoms with Crippen LogP contribution in [-0.4, -0.2) is 48.8 Å². The Bertz CT molecular complexity index is 824. The van der Waals surface area contributed by atoms with E-state index in [2.05, 4.69) is 19.8 Å². The van der Waals surface area contributed by atoms with E-state index in [1.54, 1.807) is 12.1 Å². The zero-order valence-corrected chi connectivity index (χ0v) is 15.6. The summed E-state index contributed by atoms with van der Waals surface area (Å²) < 4.78 is 30.7. The molecule has 1 aliphatic heterocycles. The molecule has 1 aromatic heterocycles. The Kier molecular flexibility index (Phi) is 5.73. The number of nitrogens with zero attached hydrogens (tertiary/aromatic N) is 3. The Morgan fingerprint density at radius 3 is 3.00 bits per heavy atom. The number of hydrogen-bond acceptors (Lipinski definition) is 6. The number of sulfonamides is 1. The highest BCUT2D eigenvalue weighted by Gasteiger charge is 2.25. The van der Waals surface area contributed by atoms with Crippen LogP contribution in [0.25, 0.3) is 11.4 Å². The van der Waals surface area contributed by atoms with Gasteiger partial charge in [0, 0.05) is 23.2 Å². The summed E-state index contributed by atoms with van der Waals surface area (Å²) in [5.41, 5.74) is 0.802. The highest BCUT2D eigenvalue weighted by molar-refractivity contribution is 7.88. The molecule has 1 saturated heterocycles. The normalized spacial score (nSPS) is 19.2. The minimum absolute atomic E-state index is 0.130. The summed E-state index contributed by atoms with van der Waals surface area (Å²) >= 11 is 6.00. The number of aromatic nitrogens is 2. The predicted octanol–water partition coefficient (Wildman–Crippen LogP) is 2.29. The van der Waals surface area contributed by atoms with Crippen molar-refractivity contribution in [3.05, 3.63) is 35.2 Å². The topological polar surface area (TPSA) is 88.3 Å². The van der Waals surface area contributed by atoms with Crippen LogP contribution >= 0.6 is 11.6 Å². The Morgan fingerprint density at radius 2 is 2.24 bits per heavy atom. The van der Waals surface area contributed by atoms with Gasteiger partial charge in [-0.1, -0.05) is 35.3 Å². The van der Waals surface area contributed by atoms with Crippen molar-refractivity contribution in [1.29, 1.82) is 0 Å². The van der Waals surface area contributed by atoms with Gasteiger partial charge in [0.15, 0.2) is 0 Å². The van der Waals surface area contributed by atoms with E-state index in [1.807, 2.05) is 12.1 Å². The second kappa shape index (κ2) is 7.82. The largest absolute Gasteiger partial charge is 0.338 e. The predicted molar refractivity (Wildman–Crippen MR) is 95.6 cm³/mol. The molecule has 2 heterocycles. The van der Waals surface area contributed by atoms with E-state index in [0.29, 0.717) is 29.8 Å². The molecule has 0 bridgehead atoms. The highest BCUT2D eigenvalue weighted by atomic mass is 35.5. The van der Waals surface area contributed by atoms with Gasteiger partial charge in [-0.2, -0.15) is 4.98 Å². The van der Waals surface area contributed by atoms with Gasteiger partial charge >= 0.3 is 0 Å². The molecule has 1 atom stereocenters. The number of rotatable bonds is 6. The molecule has 1 fully saturated rings. The molecule has 0 unspecified atom stereocenters. The molecule has 1 aromatic carbocycles. The van der Waals surface area contributed by atoms with E-state index >= 15 is 0 Å². The average molecular weight is 385 g/mol. The number of likely N-dealkylation sites (tertiary alicyclic amines) is 1. The molecule has 0 radical (unpaired) electrons. The Balaban J connectivity index is 1.68. The fourth-order valence-corrected chi connectivity index (χ4v) is 3.67. The summed E-state index contributed by atoms with van der Waals surface area (Å²) in [5, 5.41) is 4.64. The first-order valence-electron chi connectivity index (χ1n) is 8.18. The lowest BCUT2D eigenvalue weighted by molar-refractivity contribution is 0.125. The molecular formula is C16H21ClN4O3S. The lowest BCUT2D eigenvalue weighted by atomic mass is 10.0. The van der Waals surface area contributed by atoms with Gasteiger partial charge in [-0.25, -0.2) is 13.1 Å². The van der Waals surface area contributed by atoms with Gasteiger partial charge in [0.25, 0.3) is 0 Å². The van der Waals surface area contributed by atoms with Crippen molar-refractivity contribution >= 4 is 21.6 Å². The van der Waals surface area contributed by atoms with Crippen molar-refractivity contribution in [3.8, 4) is 11.4 Å². The molecule has 1 aliphatic rings. The summed E-state index contributed by atoms with van der Waals surface area (Å²) in [6.07, 6.45) is 4.28. The molecule has 1 N–H and O–H groups in total. The summed E-state index contributed by atoms with van der Waals surface area (Å²) in [6, 6.07) is 7.42. The van der Waals surface area contributed by atoms with Crippen molar-refractivity contribution in [2.24, 2.45) is 0 Å². The monoisotopic (exact) mass is 384 g/mol. The van der Waals surface area contributed by atoms with Crippen LogP contribution in [0.2, 0.25) is 5.02 Å². The number of piperidine rings is 1. The van der Waals surface area contributed by atoms with Crippen molar-refractivity contribution < 1.29 is 12.9 Å². The third-order valence-electron chi connectivity index (χ3n) is 4.22. The SMILES string of the molecule is CS(=O)(=O)NC[C@H]1CCCCN1Cc1nc(-c2cccc(Cl)c2)no1. The molecule has 0 aliphatic carbocycles. The minimum Gasteiger partial charge on any atom is -0.338 e. The third kappa shape index (κ3) is 5.24. The van der Waals surface area contributed by atoms with Crippen molar-refractivity contribution in [3.63, 3.8) is 0 Å². The van der Waals surface area contributed by atoms with Crippen LogP contribution in [0, 0.1) is 0 Å². The van der Waals surface area contributed by atoms with Gasteiger partial charge < -0.3 is 4.52 Å². The van der Waals surface area contributed by atoms with E-state index in [0.717, 1.165) is 31.4 Å². The smallest absolute Gasteiger partial charge is 0.241 e. The summed E-state index contributed by atoms with van der Waals surface area (Å²) in [7, 11) is -3.20. The third-order valence-corrected chi connectivity index (χ3v) is 5.15. The van der Waals surface area contributed by atoms with Crippen LogP contribution < -0.4 is 4.72 Å². The molecule has 7 nitrogen and oxygen atoms in total. The average Bonchev–Trinajstić information content (AvgIpc) is 3.02. The van der Waals surface area contributed by atoms with E-state index in [1.165, 1.54) is 6.26 Å². The van der Waals surface area contributed by atoms with E-state index in [-0.39, 0.29) is 6.04 Å². The molecule has 2 aromatic rings. The fourth-order valence-electron chi connectivity index (χ4n) is 2.98. The van der Waals surface area contributed by atoms with Gasteiger partial charge in [-0.15, -0.1) is 0 Å². The van der Waals surface area contributed by atoms with E-state index < -0.39 is 10.0 Å². The van der Waals surface area contributed by atoms with Crippen LogP contribution in [0.1, 0.15) is 25.2 Å². The maximum Gasteiger partial charge on any atom is 0.241 e.